The quantitative estimate of drug-likeness (QED) is 0.260. The summed E-state index contributed by atoms with van der Waals surface area (Å²) in [6, 6.07) is 12.4. The maximum atomic E-state index is 13.6. The van der Waals surface area contributed by atoms with Crippen molar-refractivity contribution in [3.63, 3.8) is 0 Å². The van der Waals surface area contributed by atoms with E-state index in [2.05, 4.69) is 21.6 Å². The van der Waals surface area contributed by atoms with Crippen LogP contribution in [-0.4, -0.2) is 50.8 Å². The highest BCUT2D eigenvalue weighted by molar-refractivity contribution is 6.05. The Morgan fingerprint density at radius 1 is 0.844 bits per heavy atom. The number of nitrogens with one attached hydrogen (secondary N) is 3. The van der Waals surface area contributed by atoms with Gasteiger partial charge < -0.3 is 24.3 Å². The molecule has 1 heterocycles. The van der Waals surface area contributed by atoms with Crippen molar-refractivity contribution in [2.75, 3.05) is 46.0 Å². The van der Waals surface area contributed by atoms with E-state index >= 15 is 0 Å². The Hall–Kier alpha value is -3.23. The van der Waals surface area contributed by atoms with Gasteiger partial charge in [0.1, 0.15) is 11.6 Å². The fourth-order valence-corrected chi connectivity index (χ4v) is 3.61. The molecule has 0 spiro atoms. The molecule has 3 N–H and O–H groups in total. The highest BCUT2D eigenvalue weighted by Crippen LogP contribution is 2.43. The largest absolute Gasteiger partial charge is 0.490 e. The molecule has 32 heavy (non-hydrogen) atoms. The lowest BCUT2D eigenvalue weighted by Crippen LogP contribution is -2.05. The first-order chi connectivity index (χ1) is 15.7. The van der Waals surface area contributed by atoms with E-state index in [-0.39, 0.29) is 5.82 Å². The van der Waals surface area contributed by atoms with Gasteiger partial charge >= 0.3 is 0 Å². The monoisotopic (exact) mass is 441 g/mol. The van der Waals surface area contributed by atoms with Crippen LogP contribution in [0, 0.1) is 5.82 Å². The van der Waals surface area contributed by atoms with E-state index < -0.39 is 0 Å². The lowest BCUT2D eigenvalue weighted by Gasteiger charge is -2.13. The van der Waals surface area contributed by atoms with Crippen LogP contribution in [0.4, 0.5) is 15.9 Å². The summed E-state index contributed by atoms with van der Waals surface area (Å²) in [6.07, 6.45) is 1.57. The molecule has 1 aliphatic carbocycles. The van der Waals surface area contributed by atoms with Gasteiger partial charge in [-0.25, -0.2) is 4.39 Å². The number of hydrogen-bond donors (Lipinski definition) is 3. The standard InChI is InChI=1S/C24H28FN3O4/c1-29-8-4-10-31-21-13-16-12-20-23(19(16)15-22(21)32-11-5-9-30-2)27-28-24(20)26-18-7-3-6-17(25)14-18/h3,6-7,12-15,26-28H,4-5,8-11H2,1-2H3. The number of halogens is 1. The van der Waals surface area contributed by atoms with E-state index in [0.29, 0.717) is 43.6 Å². The number of anilines is 2. The first-order valence-corrected chi connectivity index (χ1v) is 10.6. The van der Waals surface area contributed by atoms with E-state index in [1.165, 1.54) is 12.1 Å². The first-order valence-electron chi connectivity index (χ1n) is 10.6. The number of hydrogen-bond acceptors (Lipinski definition) is 5. The smallest absolute Gasteiger partial charge is 0.161 e. The van der Waals surface area contributed by atoms with Crippen LogP contribution < -0.4 is 14.8 Å². The predicted molar refractivity (Wildman–Crippen MR) is 123 cm³/mol. The number of fused-ring (bicyclic) bond motifs is 3. The molecule has 2 aliphatic rings. The molecule has 8 heteroatoms. The molecular formula is C24H28FN3O4. The number of benzene rings is 2. The molecule has 2 aromatic carbocycles. The van der Waals surface area contributed by atoms with Gasteiger partial charge in [0.05, 0.1) is 18.9 Å². The molecular weight excluding hydrogens is 413 g/mol. The Morgan fingerprint density at radius 3 is 2.25 bits per heavy atom. The molecule has 0 unspecified atom stereocenters. The molecule has 4 rings (SSSR count). The lowest BCUT2D eigenvalue weighted by atomic mass is 10.2. The van der Waals surface area contributed by atoms with E-state index in [0.717, 1.165) is 40.7 Å². The Kier molecular flexibility index (Phi) is 7.14. The minimum absolute atomic E-state index is 0.292. The molecule has 0 saturated carbocycles. The molecule has 0 aromatic heterocycles. The fourth-order valence-electron chi connectivity index (χ4n) is 3.61. The van der Waals surface area contributed by atoms with Crippen LogP contribution in [0.15, 0.2) is 42.5 Å². The normalized spacial score (nSPS) is 11.3. The molecule has 2 aromatic rings. The van der Waals surface area contributed by atoms with Gasteiger partial charge in [-0.05, 0) is 41.8 Å². The van der Waals surface area contributed by atoms with Crippen LogP contribution in [0.1, 0.15) is 12.8 Å². The van der Waals surface area contributed by atoms with Crippen LogP contribution in [0.3, 0.4) is 0 Å². The van der Waals surface area contributed by atoms with Crippen molar-refractivity contribution in [1.29, 1.82) is 0 Å². The third kappa shape index (κ3) is 4.98. The van der Waals surface area contributed by atoms with Crippen molar-refractivity contribution < 1.29 is 23.3 Å². The topological polar surface area (TPSA) is 80.5 Å². The average molecular weight is 442 g/mol. The molecule has 0 bridgehead atoms. The van der Waals surface area contributed by atoms with Crippen LogP contribution in [0.5, 0.6) is 11.5 Å². The van der Waals surface area contributed by atoms with E-state index in [4.69, 9.17) is 18.9 Å². The molecule has 0 fully saturated rings. The van der Waals surface area contributed by atoms with Gasteiger partial charge in [-0.3, -0.25) is 10.2 Å². The Balaban J connectivity index is 1.61. The summed E-state index contributed by atoms with van der Waals surface area (Å²) < 4.78 is 35.8. The molecule has 170 valence electrons. The highest BCUT2D eigenvalue weighted by Gasteiger charge is 2.20. The van der Waals surface area contributed by atoms with Crippen molar-refractivity contribution in [2.45, 2.75) is 12.8 Å². The van der Waals surface area contributed by atoms with Crippen LogP contribution in [0.25, 0.3) is 22.0 Å². The zero-order valence-corrected chi connectivity index (χ0v) is 18.3. The molecule has 7 nitrogen and oxygen atoms in total. The third-order valence-corrected chi connectivity index (χ3v) is 5.13. The first kappa shape index (κ1) is 22.0. The molecule has 0 saturated heterocycles. The van der Waals surface area contributed by atoms with Gasteiger partial charge in [-0.15, -0.1) is 0 Å². The lowest BCUT2D eigenvalue weighted by molar-refractivity contribution is 0.163. The van der Waals surface area contributed by atoms with Crippen LogP contribution in [0.2, 0.25) is 0 Å². The number of rotatable bonds is 12. The summed E-state index contributed by atoms with van der Waals surface area (Å²) in [5.74, 6) is 1.85. The van der Waals surface area contributed by atoms with Crippen LogP contribution >= 0.6 is 0 Å². The second-order valence-corrected chi connectivity index (χ2v) is 7.47. The van der Waals surface area contributed by atoms with Crippen molar-refractivity contribution in [2.24, 2.45) is 0 Å². The van der Waals surface area contributed by atoms with Crippen molar-refractivity contribution in [3.8, 4) is 22.8 Å². The summed E-state index contributed by atoms with van der Waals surface area (Å²) in [4.78, 5) is 0. The van der Waals surface area contributed by atoms with Gasteiger partial charge in [0, 0.05) is 56.9 Å². The summed E-state index contributed by atoms with van der Waals surface area (Å²) in [6.45, 7) is 2.33. The fraction of sp³-hybridized carbons (Fsp3) is 0.333. The van der Waals surface area contributed by atoms with Gasteiger partial charge in [0.15, 0.2) is 11.5 Å². The highest BCUT2D eigenvalue weighted by atomic mass is 19.1. The molecule has 0 atom stereocenters. The third-order valence-electron chi connectivity index (χ3n) is 5.13. The van der Waals surface area contributed by atoms with Gasteiger partial charge in [0.25, 0.3) is 0 Å². The van der Waals surface area contributed by atoms with Crippen molar-refractivity contribution >= 4 is 22.3 Å². The van der Waals surface area contributed by atoms with E-state index in [1.54, 1.807) is 20.3 Å². The number of H-pyrrole nitrogens is 2. The Bertz CT molecular complexity index is 1120. The van der Waals surface area contributed by atoms with Crippen LogP contribution in [-0.2, 0) is 9.47 Å². The number of aromatic amines is 2. The number of ether oxygens (including phenoxy) is 4. The van der Waals surface area contributed by atoms with E-state index in [1.807, 2.05) is 18.2 Å². The molecule has 0 radical (unpaired) electrons. The number of aromatic nitrogens is 2. The average Bonchev–Trinajstić information content (AvgIpc) is 3.33. The van der Waals surface area contributed by atoms with Gasteiger partial charge in [-0.1, -0.05) is 6.07 Å². The summed E-state index contributed by atoms with van der Waals surface area (Å²) in [5.41, 5.74) is 2.56. The van der Waals surface area contributed by atoms with E-state index in [9.17, 15) is 4.39 Å². The second-order valence-electron chi connectivity index (χ2n) is 7.47. The minimum Gasteiger partial charge on any atom is -0.490 e. The Morgan fingerprint density at radius 2 is 1.56 bits per heavy atom. The Labute approximate surface area is 186 Å². The second kappa shape index (κ2) is 10.4. The van der Waals surface area contributed by atoms with Gasteiger partial charge in [0.2, 0.25) is 0 Å². The minimum atomic E-state index is -0.292. The zero-order chi connectivity index (χ0) is 22.3. The maximum Gasteiger partial charge on any atom is 0.161 e. The summed E-state index contributed by atoms with van der Waals surface area (Å²) in [7, 11) is 3.35. The van der Waals surface area contributed by atoms with Crippen molar-refractivity contribution in [3.05, 3.63) is 48.3 Å². The maximum absolute atomic E-state index is 13.6. The van der Waals surface area contributed by atoms with Crippen molar-refractivity contribution in [1.82, 2.24) is 10.2 Å². The summed E-state index contributed by atoms with van der Waals surface area (Å²) in [5, 5.41) is 11.6. The molecule has 1 aliphatic heterocycles. The molecule has 0 amide bonds. The summed E-state index contributed by atoms with van der Waals surface area (Å²) >= 11 is 0. The zero-order valence-electron chi connectivity index (χ0n) is 18.3. The number of methoxy groups -OCH3 is 2. The SMILES string of the molecule is COCCCOc1cc2cc3c(Nc4cccc(F)c4)[nH][nH]c-3c2cc1OCCCOC. The predicted octanol–water partition coefficient (Wildman–Crippen LogP) is 5.31. The van der Waals surface area contributed by atoms with Gasteiger partial charge in [-0.2, -0.15) is 0 Å².